The smallest absolute Gasteiger partial charge is 0.334 e. The summed E-state index contributed by atoms with van der Waals surface area (Å²) in [6, 6.07) is 15.7. The van der Waals surface area contributed by atoms with Crippen molar-refractivity contribution < 1.29 is 4.39 Å². The molecule has 4 rings (SSSR count). The molecule has 2 heterocycles. The lowest BCUT2D eigenvalue weighted by Gasteiger charge is -2.35. The van der Waals surface area contributed by atoms with Gasteiger partial charge in [0, 0.05) is 12.6 Å². The van der Waals surface area contributed by atoms with E-state index in [4.69, 9.17) is 0 Å². The van der Waals surface area contributed by atoms with Crippen molar-refractivity contribution >= 4 is 5.82 Å². The van der Waals surface area contributed by atoms with Gasteiger partial charge in [0.25, 0.3) is 5.56 Å². The van der Waals surface area contributed by atoms with Crippen LogP contribution in [-0.2, 0) is 6.54 Å². The predicted octanol–water partition coefficient (Wildman–Crippen LogP) is 2.61. The van der Waals surface area contributed by atoms with Crippen LogP contribution in [0, 0.1) is 5.82 Å². The number of H-pyrrole nitrogens is 1. The highest BCUT2D eigenvalue weighted by Crippen LogP contribution is 2.27. The van der Waals surface area contributed by atoms with Crippen molar-refractivity contribution in [2.75, 3.05) is 12.0 Å². The zero-order valence-electron chi connectivity index (χ0n) is 14.8. The van der Waals surface area contributed by atoms with E-state index in [0.717, 1.165) is 5.56 Å². The molecule has 0 aliphatic carbocycles. The van der Waals surface area contributed by atoms with Gasteiger partial charge >= 0.3 is 5.69 Å². The van der Waals surface area contributed by atoms with Gasteiger partial charge in [-0.1, -0.05) is 30.3 Å². The maximum absolute atomic E-state index is 13.2. The Bertz CT molecular complexity index is 1070. The summed E-state index contributed by atoms with van der Waals surface area (Å²) < 4.78 is 14.6. The van der Waals surface area contributed by atoms with Gasteiger partial charge in [0.15, 0.2) is 0 Å². The summed E-state index contributed by atoms with van der Waals surface area (Å²) in [5.74, 6) is 0.0628. The zero-order chi connectivity index (χ0) is 19.0. The molecule has 6 nitrogen and oxygen atoms in total. The van der Waals surface area contributed by atoms with Crippen molar-refractivity contribution in [3.63, 3.8) is 0 Å². The summed E-state index contributed by atoms with van der Waals surface area (Å²) in [5, 5.41) is 3.20. The summed E-state index contributed by atoms with van der Waals surface area (Å²) >= 11 is 0. The Balaban J connectivity index is 1.74. The van der Waals surface area contributed by atoms with Crippen LogP contribution in [-0.4, -0.2) is 21.1 Å². The monoisotopic (exact) mass is 366 g/mol. The third-order valence-corrected chi connectivity index (χ3v) is 4.93. The molecule has 7 heteroatoms. The van der Waals surface area contributed by atoms with E-state index in [-0.39, 0.29) is 11.9 Å². The number of hydrogen-bond acceptors (Lipinski definition) is 4. The van der Waals surface area contributed by atoms with E-state index in [1.807, 2.05) is 30.3 Å². The molecule has 138 valence electrons. The van der Waals surface area contributed by atoms with Crippen molar-refractivity contribution in [2.45, 2.75) is 19.5 Å². The molecule has 3 aromatic rings. The number of hydrogen-bond donors (Lipinski definition) is 2. The lowest BCUT2D eigenvalue weighted by molar-refractivity contribution is 0.207. The Labute approximate surface area is 154 Å². The molecule has 1 atom stereocenters. The fourth-order valence-electron chi connectivity index (χ4n) is 3.39. The number of anilines is 1. The molecule has 0 saturated heterocycles. The maximum Gasteiger partial charge on any atom is 0.334 e. The molecule has 0 saturated carbocycles. The highest BCUT2D eigenvalue weighted by molar-refractivity contribution is 5.52. The molecule has 27 heavy (non-hydrogen) atoms. The molecule has 1 aromatic heterocycles. The summed E-state index contributed by atoms with van der Waals surface area (Å²) in [6.07, 6.45) is 0. The van der Waals surface area contributed by atoms with Gasteiger partial charge in [-0.15, -0.1) is 0 Å². The van der Waals surface area contributed by atoms with E-state index < -0.39 is 11.2 Å². The van der Waals surface area contributed by atoms with Crippen LogP contribution in [0.2, 0.25) is 0 Å². The molecule has 0 amide bonds. The van der Waals surface area contributed by atoms with Crippen molar-refractivity contribution in [2.24, 2.45) is 0 Å². The third-order valence-electron chi connectivity index (χ3n) is 4.93. The number of rotatable bonds is 3. The van der Waals surface area contributed by atoms with Crippen molar-refractivity contribution in [1.29, 1.82) is 0 Å². The number of aromatic nitrogens is 2. The van der Waals surface area contributed by atoms with Gasteiger partial charge in [0.1, 0.15) is 11.6 Å². The summed E-state index contributed by atoms with van der Waals surface area (Å²) in [4.78, 5) is 29.3. The minimum Gasteiger partial charge on any atom is -0.358 e. The maximum atomic E-state index is 13.2. The number of benzene rings is 2. The van der Waals surface area contributed by atoms with Crippen molar-refractivity contribution in [3.05, 3.63) is 92.4 Å². The second kappa shape index (κ2) is 6.85. The number of halogens is 1. The Kier molecular flexibility index (Phi) is 4.37. The molecule has 0 fully saturated rings. The summed E-state index contributed by atoms with van der Waals surface area (Å²) in [6.45, 7) is 2.95. The third kappa shape index (κ3) is 3.17. The summed E-state index contributed by atoms with van der Waals surface area (Å²) in [5.41, 5.74) is 1.15. The van der Waals surface area contributed by atoms with E-state index in [2.05, 4.69) is 22.1 Å². The van der Waals surface area contributed by atoms with Crippen LogP contribution in [0.15, 0.2) is 64.2 Å². The molecule has 1 aliphatic rings. The van der Waals surface area contributed by atoms with Crippen molar-refractivity contribution in [1.82, 2.24) is 14.5 Å². The van der Waals surface area contributed by atoms with E-state index in [9.17, 15) is 14.0 Å². The molecular formula is C20H19FN4O2. The van der Waals surface area contributed by atoms with Gasteiger partial charge in [-0.25, -0.2) is 13.8 Å². The molecule has 1 aliphatic heterocycles. The van der Waals surface area contributed by atoms with Crippen LogP contribution in [0.5, 0.6) is 0 Å². The zero-order valence-corrected chi connectivity index (χ0v) is 14.8. The van der Waals surface area contributed by atoms with Crippen molar-refractivity contribution in [3.8, 4) is 5.69 Å². The molecule has 1 unspecified atom stereocenters. The van der Waals surface area contributed by atoms with Crippen LogP contribution in [0.4, 0.5) is 10.2 Å². The second-order valence-corrected chi connectivity index (χ2v) is 6.57. The van der Waals surface area contributed by atoms with Crippen LogP contribution < -0.4 is 16.6 Å². The first-order valence-electron chi connectivity index (χ1n) is 8.71. The van der Waals surface area contributed by atoms with Gasteiger partial charge < -0.3 is 5.32 Å². The number of aromatic amines is 1. The van der Waals surface area contributed by atoms with E-state index in [0.29, 0.717) is 30.3 Å². The van der Waals surface area contributed by atoms with E-state index in [1.165, 1.54) is 28.8 Å². The van der Waals surface area contributed by atoms with Gasteiger partial charge in [0.2, 0.25) is 0 Å². The Morgan fingerprint density at radius 1 is 1.04 bits per heavy atom. The average Bonchev–Trinajstić information content (AvgIpc) is 2.69. The van der Waals surface area contributed by atoms with Gasteiger partial charge in [-0.2, -0.15) is 0 Å². The Morgan fingerprint density at radius 2 is 1.74 bits per heavy atom. The lowest BCUT2D eigenvalue weighted by Crippen LogP contribution is -2.43. The molecule has 2 N–H and O–H groups in total. The lowest BCUT2D eigenvalue weighted by atomic mass is 10.1. The van der Waals surface area contributed by atoms with Crippen LogP contribution in [0.25, 0.3) is 5.69 Å². The Hall–Kier alpha value is -3.19. The van der Waals surface area contributed by atoms with Gasteiger partial charge in [-0.05, 0) is 36.8 Å². The second-order valence-electron chi connectivity index (χ2n) is 6.57. The molecule has 0 radical (unpaired) electrons. The van der Waals surface area contributed by atoms with Gasteiger partial charge in [-0.3, -0.25) is 14.7 Å². The highest BCUT2D eigenvalue weighted by atomic mass is 19.1. The summed E-state index contributed by atoms with van der Waals surface area (Å²) in [7, 11) is 0. The number of nitrogens with one attached hydrogen (secondary N) is 2. The first-order valence-corrected chi connectivity index (χ1v) is 8.71. The first kappa shape index (κ1) is 17.2. The molecule has 0 bridgehead atoms. The minimum absolute atomic E-state index is 0.0949. The fourth-order valence-corrected chi connectivity index (χ4v) is 3.39. The topological polar surface area (TPSA) is 70.1 Å². The van der Waals surface area contributed by atoms with Crippen LogP contribution in [0.3, 0.4) is 0 Å². The molecule has 2 aromatic carbocycles. The predicted molar refractivity (Wildman–Crippen MR) is 102 cm³/mol. The Morgan fingerprint density at radius 3 is 2.44 bits per heavy atom. The van der Waals surface area contributed by atoms with Crippen LogP contribution in [0.1, 0.15) is 24.1 Å². The van der Waals surface area contributed by atoms with E-state index in [1.54, 1.807) is 0 Å². The normalized spacial score (nSPS) is 15.0. The number of fused-ring (bicyclic) bond motifs is 1. The van der Waals surface area contributed by atoms with Gasteiger partial charge in [0.05, 0.1) is 17.9 Å². The largest absolute Gasteiger partial charge is 0.358 e. The first-order chi connectivity index (χ1) is 13.0. The van der Waals surface area contributed by atoms with E-state index >= 15 is 0 Å². The molecular weight excluding hydrogens is 347 g/mol. The SMILES string of the molecule is CC(c1ccccc1)N1CNc2c(c(=O)[nH]c(=O)n2-c2ccc(F)cc2)C1. The molecule has 0 spiro atoms. The quantitative estimate of drug-likeness (QED) is 0.748. The van der Waals surface area contributed by atoms with Crippen LogP contribution >= 0.6 is 0 Å². The average molecular weight is 366 g/mol. The highest BCUT2D eigenvalue weighted by Gasteiger charge is 2.26. The standard InChI is InChI=1S/C20H19FN4O2/c1-13(14-5-3-2-4-6-14)24-11-17-18(22-12-24)25(20(27)23-19(17)26)16-9-7-15(21)8-10-16/h2-10,13,22H,11-12H2,1H3,(H,23,26,27). The minimum atomic E-state index is -0.553. The number of nitrogens with zero attached hydrogens (tertiary/aromatic N) is 2. The fraction of sp³-hybridized carbons (Fsp3) is 0.200.